The Morgan fingerprint density at radius 1 is 1.50 bits per heavy atom. The summed E-state index contributed by atoms with van der Waals surface area (Å²) in [5, 5.41) is 22.0. The molecule has 1 amide bonds. The maximum atomic E-state index is 10.3. The molecule has 0 radical (unpaired) electrons. The SMILES string of the molecule is CSCC[C@H](NC(=O)[O-])C(=O)[O-]. The van der Waals surface area contributed by atoms with E-state index in [4.69, 9.17) is 0 Å². The van der Waals surface area contributed by atoms with E-state index in [1.165, 1.54) is 11.8 Å². The van der Waals surface area contributed by atoms with Gasteiger partial charge >= 0.3 is 0 Å². The van der Waals surface area contributed by atoms with Gasteiger partial charge in [-0.15, -0.1) is 0 Å². The van der Waals surface area contributed by atoms with Gasteiger partial charge in [-0.05, 0) is 18.4 Å². The van der Waals surface area contributed by atoms with Gasteiger partial charge in [0.1, 0.15) is 6.09 Å². The molecule has 0 aromatic heterocycles. The minimum atomic E-state index is -1.59. The third-order valence-corrected chi connectivity index (χ3v) is 1.83. The molecule has 0 aromatic carbocycles. The fourth-order valence-electron chi connectivity index (χ4n) is 0.627. The van der Waals surface area contributed by atoms with Crippen molar-refractivity contribution in [3.05, 3.63) is 0 Å². The van der Waals surface area contributed by atoms with Gasteiger partial charge in [0, 0.05) is 0 Å². The lowest BCUT2D eigenvalue weighted by atomic mass is 10.2. The first-order valence-corrected chi connectivity index (χ1v) is 4.64. The summed E-state index contributed by atoms with van der Waals surface area (Å²) in [6.07, 6.45) is 0.411. The summed E-state index contributed by atoms with van der Waals surface area (Å²) in [5.74, 6) is -0.868. The van der Waals surface area contributed by atoms with Crippen molar-refractivity contribution in [3.8, 4) is 0 Å². The van der Waals surface area contributed by atoms with Gasteiger partial charge in [-0.3, -0.25) is 0 Å². The monoisotopic (exact) mass is 191 g/mol. The fourth-order valence-corrected chi connectivity index (χ4v) is 1.10. The van der Waals surface area contributed by atoms with Crippen molar-refractivity contribution in [2.75, 3.05) is 12.0 Å². The van der Waals surface area contributed by atoms with Crippen LogP contribution in [0.15, 0.2) is 0 Å². The Hall–Kier alpha value is -0.910. The van der Waals surface area contributed by atoms with Crippen LogP contribution in [0.3, 0.4) is 0 Å². The molecule has 0 heterocycles. The Bertz CT molecular complexity index is 173. The molecule has 0 saturated carbocycles. The molecule has 70 valence electrons. The van der Waals surface area contributed by atoms with E-state index in [9.17, 15) is 19.8 Å². The number of nitrogens with one attached hydrogen (secondary N) is 1. The van der Waals surface area contributed by atoms with Crippen molar-refractivity contribution in [2.45, 2.75) is 12.5 Å². The normalized spacial score (nSPS) is 12.1. The van der Waals surface area contributed by atoms with Gasteiger partial charge in [0.2, 0.25) is 0 Å². The van der Waals surface area contributed by atoms with Crippen LogP contribution < -0.4 is 15.5 Å². The highest BCUT2D eigenvalue weighted by Gasteiger charge is 2.07. The Kier molecular flexibility index (Phi) is 5.27. The fraction of sp³-hybridized carbons (Fsp3) is 0.667. The number of carboxylic acids is 1. The van der Waals surface area contributed by atoms with Gasteiger partial charge in [-0.25, -0.2) is 0 Å². The Labute approximate surface area is 74.1 Å². The summed E-state index contributed by atoms with van der Waals surface area (Å²) >= 11 is 1.43. The van der Waals surface area contributed by atoms with E-state index in [1.54, 1.807) is 11.6 Å². The van der Waals surface area contributed by atoms with Crippen LogP contribution in [0.25, 0.3) is 0 Å². The number of thioether (sulfide) groups is 1. The summed E-state index contributed by atoms with van der Waals surface area (Å²) < 4.78 is 0. The Morgan fingerprint density at radius 3 is 2.42 bits per heavy atom. The van der Waals surface area contributed by atoms with Crippen LogP contribution in [0, 0.1) is 0 Å². The predicted octanol–water partition coefficient (Wildman–Crippen LogP) is -2.21. The molecule has 0 aliphatic heterocycles. The minimum Gasteiger partial charge on any atom is -0.548 e. The predicted molar refractivity (Wildman–Crippen MR) is 40.3 cm³/mol. The van der Waals surface area contributed by atoms with Crippen LogP contribution in [0.2, 0.25) is 0 Å². The molecule has 12 heavy (non-hydrogen) atoms. The average molecular weight is 191 g/mol. The van der Waals surface area contributed by atoms with Crippen LogP contribution in [-0.2, 0) is 4.79 Å². The summed E-state index contributed by atoms with van der Waals surface area (Å²) in [6.45, 7) is 0. The minimum absolute atomic E-state index is 0.206. The topological polar surface area (TPSA) is 92.3 Å². The second kappa shape index (κ2) is 5.70. The molecule has 0 aliphatic carbocycles. The van der Waals surface area contributed by atoms with Crippen LogP contribution in [0.5, 0.6) is 0 Å². The molecule has 0 bridgehead atoms. The Balaban J connectivity index is 3.87. The molecule has 0 aromatic rings. The summed E-state index contributed by atoms with van der Waals surface area (Å²) in [5.41, 5.74) is 0. The van der Waals surface area contributed by atoms with E-state index >= 15 is 0 Å². The molecule has 6 heteroatoms. The van der Waals surface area contributed by atoms with Gasteiger partial charge in [0.05, 0.1) is 12.0 Å². The van der Waals surface area contributed by atoms with Crippen LogP contribution in [0.1, 0.15) is 6.42 Å². The number of aliphatic carboxylic acids is 1. The number of hydrogen-bond donors (Lipinski definition) is 1. The summed E-state index contributed by atoms with van der Waals surface area (Å²) in [7, 11) is 0. The molecule has 0 unspecified atom stereocenters. The van der Waals surface area contributed by atoms with Crippen molar-refractivity contribution in [3.63, 3.8) is 0 Å². The van der Waals surface area contributed by atoms with Gasteiger partial charge in [-0.2, -0.15) is 11.8 Å². The van der Waals surface area contributed by atoms with Crippen molar-refractivity contribution in [1.29, 1.82) is 0 Å². The number of carbonyl (C=O) groups is 2. The van der Waals surface area contributed by atoms with Gasteiger partial charge in [0.25, 0.3) is 0 Å². The largest absolute Gasteiger partial charge is 0.548 e. The summed E-state index contributed by atoms with van der Waals surface area (Å²) in [6, 6.07) is -1.16. The second-order valence-corrected chi connectivity index (χ2v) is 3.07. The number of hydrogen-bond acceptors (Lipinski definition) is 5. The highest BCUT2D eigenvalue weighted by Crippen LogP contribution is 1.99. The average Bonchev–Trinajstić information content (AvgIpc) is 1.96. The van der Waals surface area contributed by atoms with Gasteiger partial charge in [0.15, 0.2) is 0 Å². The number of carbonyl (C=O) groups excluding carboxylic acids is 2. The zero-order valence-corrected chi connectivity index (χ0v) is 7.35. The molecule has 0 saturated heterocycles. The first-order valence-electron chi connectivity index (χ1n) is 3.25. The van der Waals surface area contributed by atoms with E-state index in [1.807, 2.05) is 0 Å². The van der Waals surface area contributed by atoms with E-state index in [0.717, 1.165) is 0 Å². The van der Waals surface area contributed by atoms with Crippen molar-refractivity contribution >= 4 is 23.8 Å². The highest BCUT2D eigenvalue weighted by atomic mass is 32.2. The smallest absolute Gasteiger partial charge is 0.134 e. The zero-order valence-electron chi connectivity index (χ0n) is 6.53. The van der Waals surface area contributed by atoms with Crippen molar-refractivity contribution < 1.29 is 19.8 Å². The van der Waals surface area contributed by atoms with Gasteiger partial charge < -0.3 is 25.1 Å². The number of rotatable bonds is 5. The van der Waals surface area contributed by atoms with Crippen LogP contribution in [0.4, 0.5) is 4.79 Å². The number of amides is 1. The first kappa shape index (κ1) is 11.1. The standard InChI is InChI=1S/C6H11NO4S/c1-12-3-2-4(5(8)9)7-6(10)11/h4,7H,2-3H2,1H3,(H,8,9)(H,10,11)/p-2/t4-/m0/s1. The quantitative estimate of drug-likeness (QED) is 0.532. The van der Waals surface area contributed by atoms with E-state index in [-0.39, 0.29) is 6.42 Å². The van der Waals surface area contributed by atoms with Gasteiger partial charge in [-0.1, -0.05) is 0 Å². The molecule has 0 fully saturated rings. The molecule has 1 N–H and O–H groups in total. The molecular weight excluding hydrogens is 182 g/mol. The molecule has 0 rings (SSSR count). The molecule has 0 spiro atoms. The first-order chi connectivity index (χ1) is 5.57. The molecule has 1 atom stereocenters. The summed E-state index contributed by atoms with van der Waals surface area (Å²) in [4.78, 5) is 20.2. The third kappa shape index (κ3) is 4.84. The van der Waals surface area contributed by atoms with Crippen molar-refractivity contribution in [1.82, 2.24) is 5.32 Å². The van der Waals surface area contributed by atoms with E-state index in [2.05, 4.69) is 0 Å². The van der Waals surface area contributed by atoms with Crippen LogP contribution in [-0.4, -0.2) is 30.1 Å². The lowest BCUT2D eigenvalue weighted by Crippen LogP contribution is -2.52. The molecule has 5 nitrogen and oxygen atoms in total. The lowest BCUT2D eigenvalue weighted by Gasteiger charge is -2.20. The van der Waals surface area contributed by atoms with E-state index in [0.29, 0.717) is 5.75 Å². The maximum absolute atomic E-state index is 10.3. The van der Waals surface area contributed by atoms with E-state index < -0.39 is 18.1 Å². The number of carboxylic acid groups (broad SMARTS) is 2. The Morgan fingerprint density at radius 2 is 2.08 bits per heavy atom. The highest BCUT2D eigenvalue weighted by molar-refractivity contribution is 7.98. The zero-order chi connectivity index (χ0) is 9.56. The maximum Gasteiger partial charge on any atom is 0.134 e. The third-order valence-electron chi connectivity index (χ3n) is 1.19. The second-order valence-electron chi connectivity index (χ2n) is 2.08. The molecule has 0 aliphatic rings. The lowest BCUT2D eigenvalue weighted by molar-refractivity contribution is -0.310. The van der Waals surface area contributed by atoms with Crippen LogP contribution >= 0.6 is 11.8 Å². The van der Waals surface area contributed by atoms with Crippen molar-refractivity contribution in [2.24, 2.45) is 0 Å². The molecular formula is C6H9NO4S-2.